The van der Waals surface area contributed by atoms with Gasteiger partial charge >= 0.3 is 0 Å². The lowest BCUT2D eigenvalue weighted by atomic mass is 10.1. The predicted octanol–water partition coefficient (Wildman–Crippen LogP) is 3.31. The van der Waals surface area contributed by atoms with E-state index in [0.717, 1.165) is 42.3 Å². The molecule has 0 bridgehead atoms. The lowest BCUT2D eigenvalue weighted by Gasteiger charge is -2.23. The first kappa shape index (κ1) is 17.5. The topological polar surface area (TPSA) is 68.3 Å². The fourth-order valence-electron chi connectivity index (χ4n) is 3.56. The van der Waals surface area contributed by atoms with Crippen molar-refractivity contribution in [3.05, 3.63) is 39.0 Å². The summed E-state index contributed by atoms with van der Waals surface area (Å²) in [5.74, 6) is 0.474. The van der Waals surface area contributed by atoms with E-state index in [1.807, 2.05) is 11.6 Å². The van der Waals surface area contributed by atoms with E-state index >= 15 is 0 Å². The van der Waals surface area contributed by atoms with E-state index in [9.17, 15) is 4.79 Å². The van der Waals surface area contributed by atoms with E-state index in [2.05, 4.69) is 33.9 Å². The lowest BCUT2D eigenvalue weighted by molar-refractivity contribution is 0.481. The minimum Gasteiger partial charge on any atom is -0.339 e. The van der Waals surface area contributed by atoms with E-state index in [4.69, 9.17) is 11.6 Å². The largest absolute Gasteiger partial charge is 0.339 e. The first-order valence-electron chi connectivity index (χ1n) is 8.80. The van der Waals surface area contributed by atoms with Crippen molar-refractivity contribution in [3.63, 3.8) is 0 Å². The molecule has 4 rings (SSSR count). The van der Waals surface area contributed by atoms with Crippen LogP contribution in [0.25, 0.3) is 4.96 Å². The number of hydrogen-bond acceptors (Lipinski definition) is 6. The van der Waals surface area contributed by atoms with Crippen LogP contribution in [0.3, 0.4) is 0 Å². The van der Waals surface area contributed by atoms with Gasteiger partial charge in [-0.2, -0.15) is 9.61 Å². The van der Waals surface area contributed by atoms with Gasteiger partial charge in [-0.15, -0.1) is 5.10 Å². The number of fused-ring (bicyclic) bond motifs is 1. The van der Waals surface area contributed by atoms with E-state index in [1.54, 1.807) is 0 Å². The van der Waals surface area contributed by atoms with E-state index in [-0.39, 0.29) is 11.6 Å². The Bertz CT molecular complexity index is 1010. The summed E-state index contributed by atoms with van der Waals surface area (Å²) in [6.45, 7) is 8.00. The van der Waals surface area contributed by atoms with Crippen molar-refractivity contribution in [2.24, 2.45) is 5.92 Å². The molecule has 0 saturated carbocycles. The minimum absolute atomic E-state index is 0.125. The van der Waals surface area contributed by atoms with Gasteiger partial charge in [0.1, 0.15) is 5.15 Å². The van der Waals surface area contributed by atoms with Crippen LogP contribution in [0.2, 0.25) is 5.15 Å². The van der Waals surface area contributed by atoms with Crippen LogP contribution in [-0.2, 0) is 6.54 Å². The van der Waals surface area contributed by atoms with Crippen molar-refractivity contribution < 1.29 is 0 Å². The second kappa shape index (κ2) is 6.66. The third-order valence-electron chi connectivity index (χ3n) is 4.64. The molecule has 1 unspecified atom stereocenters. The summed E-state index contributed by atoms with van der Waals surface area (Å²) < 4.78 is 3.27. The molecule has 1 aliphatic rings. The van der Waals surface area contributed by atoms with E-state index < -0.39 is 0 Å². The molecule has 0 amide bonds. The highest BCUT2D eigenvalue weighted by Crippen LogP contribution is 2.41. The molecule has 1 fully saturated rings. The summed E-state index contributed by atoms with van der Waals surface area (Å²) in [6, 6.07) is 1.55. The molecule has 3 aromatic rings. The van der Waals surface area contributed by atoms with Crippen LogP contribution in [0.5, 0.6) is 0 Å². The van der Waals surface area contributed by atoms with Gasteiger partial charge in [0, 0.05) is 30.9 Å². The van der Waals surface area contributed by atoms with Crippen LogP contribution < -0.4 is 10.5 Å². The Morgan fingerprint density at radius 2 is 2.19 bits per heavy atom. The molecule has 0 aromatic carbocycles. The van der Waals surface area contributed by atoms with E-state index in [0.29, 0.717) is 16.0 Å². The molecule has 1 atom stereocenters. The van der Waals surface area contributed by atoms with Crippen LogP contribution >= 0.6 is 22.9 Å². The van der Waals surface area contributed by atoms with Gasteiger partial charge in [0.05, 0.1) is 11.7 Å². The van der Waals surface area contributed by atoms with Crippen molar-refractivity contribution in [2.75, 3.05) is 11.4 Å². The highest BCUT2D eigenvalue weighted by molar-refractivity contribution is 7.20. The molecule has 3 aromatic heterocycles. The summed E-state index contributed by atoms with van der Waals surface area (Å²) in [5, 5.41) is 10.7. The number of aryl methyl sites for hydroxylation is 1. The summed E-state index contributed by atoms with van der Waals surface area (Å²) in [4.78, 5) is 19.1. The number of anilines is 1. The van der Waals surface area contributed by atoms with Crippen LogP contribution in [-0.4, -0.2) is 30.9 Å². The van der Waals surface area contributed by atoms with E-state index in [1.165, 1.54) is 28.1 Å². The first-order valence-corrected chi connectivity index (χ1v) is 9.99. The fourth-order valence-corrected chi connectivity index (χ4v) is 4.88. The Morgan fingerprint density at radius 1 is 1.38 bits per heavy atom. The van der Waals surface area contributed by atoms with Crippen LogP contribution in [0.4, 0.5) is 5.13 Å². The molecule has 138 valence electrons. The average molecular weight is 393 g/mol. The van der Waals surface area contributed by atoms with Crippen molar-refractivity contribution in [2.45, 2.75) is 46.2 Å². The first-order chi connectivity index (χ1) is 12.5. The zero-order valence-corrected chi connectivity index (χ0v) is 16.6. The van der Waals surface area contributed by atoms with Crippen LogP contribution in [0.1, 0.15) is 44.0 Å². The Morgan fingerprint density at radius 3 is 2.92 bits per heavy atom. The Labute approximate surface area is 160 Å². The Balaban J connectivity index is 1.74. The molecule has 26 heavy (non-hydrogen) atoms. The number of rotatable bonds is 4. The van der Waals surface area contributed by atoms with Crippen molar-refractivity contribution in [1.29, 1.82) is 0 Å². The SMILES string of the molecule is Cc1nn(CC(C)C)c(Cl)c1C1CCCN1c1nn2c(=O)ccnc2s1. The summed E-state index contributed by atoms with van der Waals surface area (Å²) in [5.41, 5.74) is 1.88. The van der Waals surface area contributed by atoms with Gasteiger partial charge in [0.15, 0.2) is 0 Å². The van der Waals surface area contributed by atoms with Crippen LogP contribution in [0, 0.1) is 12.8 Å². The van der Waals surface area contributed by atoms with Gasteiger partial charge < -0.3 is 4.90 Å². The number of hydrogen-bond donors (Lipinski definition) is 0. The average Bonchev–Trinajstić information content (AvgIpc) is 3.26. The molecule has 7 nitrogen and oxygen atoms in total. The number of nitrogens with zero attached hydrogens (tertiary/aromatic N) is 6. The Hall–Kier alpha value is -1.93. The third kappa shape index (κ3) is 2.91. The molecule has 0 spiro atoms. The maximum atomic E-state index is 12.0. The number of halogens is 1. The highest BCUT2D eigenvalue weighted by atomic mass is 35.5. The number of aromatic nitrogens is 5. The second-order valence-corrected chi connectivity index (χ2v) is 8.37. The zero-order valence-electron chi connectivity index (χ0n) is 15.0. The van der Waals surface area contributed by atoms with Crippen molar-refractivity contribution >= 4 is 33.0 Å². The highest BCUT2D eigenvalue weighted by Gasteiger charge is 2.33. The maximum absolute atomic E-state index is 12.0. The fraction of sp³-hybridized carbons (Fsp3) is 0.529. The van der Waals surface area contributed by atoms with Gasteiger partial charge in [-0.25, -0.2) is 4.98 Å². The molecule has 0 N–H and O–H groups in total. The van der Waals surface area contributed by atoms with Gasteiger partial charge in [0.25, 0.3) is 5.56 Å². The normalized spacial score (nSPS) is 17.7. The molecular weight excluding hydrogens is 372 g/mol. The summed E-state index contributed by atoms with van der Waals surface area (Å²) in [6.07, 6.45) is 3.57. The molecular formula is C17H21ClN6OS. The molecule has 0 aliphatic carbocycles. The smallest absolute Gasteiger partial charge is 0.275 e. The van der Waals surface area contributed by atoms with Gasteiger partial charge in [-0.1, -0.05) is 36.8 Å². The minimum atomic E-state index is -0.160. The van der Waals surface area contributed by atoms with Gasteiger partial charge in [-0.3, -0.25) is 9.48 Å². The van der Waals surface area contributed by atoms with Gasteiger partial charge in [0.2, 0.25) is 10.1 Å². The molecule has 0 radical (unpaired) electrons. The molecule has 4 heterocycles. The third-order valence-corrected chi connectivity index (χ3v) is 6.00. The molecule has 1 saturated heterocycles. The van der Waals surface area contributed by atoms with Crippen molar-refractivity contribution in [1.82, 2.24) is 24.4 Å². The zero-order chi connectivity index (χ0) is 18.4. The van der Waals surface area contributed by atoms with Crippen LogP contribution in [0.15, 0.2) is 17.1 Å². The second-order valence-electron chi connectivity index (χ2n) is 7.08. The summed E-state index contributed by atoms with van der Waals surface area (Å²) >= 11 is 8.13. The summed E-state index contributed by atoms with van der Waals surface area (Å²) in [7, 11) is 0. The Kier molecular flexibility index (Phi) is 4.48. The standard InChI is InChI=1S/C17H21ClN6OS/c1-10(2)9-23-15(18)14(11(3)20-23)12-5-4-8-22(12)17-21-24-13(25)6-7-19-16(24)26-17/h6-7,10,12H,4-5,8-9H2,1-3H3. The monoisotopic (exact) mass is 392 g/mol. The van der Waals surface area contributed by atoms with Crippen molar-refractivity contribution in [3.8, 4) is 0 Å². The lowest BCUT2D eigenvalue weighted by Crippen LogP contribution is -2.23. The van der Waals surface area contributed by atoms with Gasteiger partial charge in [-0.05, 0) is 25.7 Å². The predicted molar refractivity (Wildman–Crippen MR) is 103 cm³/mol. The quantitative estimate of drug-likeness (QED) is 0.681. The molecule has 9 heteroatoms. The molecule has 1 aliphatic heterocycles. The maximum Gasteiger partial charge on any atom is 0.275 e.